The van der Waals surface area contributed by atoms with E-state index in [0.29, 0.717) is 19.8 Å². The van der Waals surface area contributed by atoms with Crippen molar-refractivity contribution < 1.29 is 9.52 Å². The molecule has 14 heavy (non-hydrogen) atoms. The van der Waals surface area contributed by atoms with Crippen molar-refractivity contribution in [1.29, 1.82) is 0 Å². The fourth-order valence-electron chi connectivity index (χ4n) is 1.15. The molecule has 1 unspecified atom stereocenters. The van der Waals surface area contributed by atoms with Crippen LogP contribution in [0, 0.1) is 0 Å². The number of rotatable bonds is 2. The largest absolute Gasteiger partial charge is 0.472 e. The van der Waals surface area contributed by atoms with Gasteiger partial charge in [-0.3, -0.25) is 0 Å². The van der Waals surface area contributed by atoms with Crippen LogP contribution in [0.2, 0.25) is 8.67 Å². The molecule has 0 spiro atoms. The molecule has 2 rings (SSSR count). The third-order valence-corrected chi connectivity index (χ3v) is 3.35. The van der Waals surface area contributed by atoms with Crippen LogP contribution >= 0.6 is 34.5 Å². The van der Waals surface area contributed by atoms with E-state index < -0.39 is 6.10 Å². The van der Waals surface area contributed by atoms with Crippen molar-refractivity contribution in [2.24, 2.45) is 0 Å². The van der Waals surface area contributed by atoms with Crippen molar-refractivity contribution in [2.45, 2.75) is 6.10 Å². The summed E-state index contributed by atoms with van der Waals surface area (Å²) in [5, 5.41) is 9.88. The Balaban J connectivity index is 2.36. The SMILES string of the molecule is OC(c1ccoc1)c1cc(Cl)sc1Cl. The molecule has 0 saturated heterocycles. The molecule has 0 saturated carbocycles. The summed E-state index contributed by atoms with van der Waals surface area (Å²) in [5.74, 6) is 0. The molecule has 0 fully saturated rings. The van der Waals surface area contributed by atoms with E-state index in [1.54, 1.807) is 12.1 Å². The van der Waals surface area contributed by atoms with Crippen LogP contribution in [-0.2, 0) is 0 Å². The first-order valence-electron chi connectivity index (χ1n) is 3.83. The minimum absolute atomic E-state index is 0.503. The molecule has 2 aromatic rings. The van der Waals surface area contributed by atoms with Gasteiger partial charge >= 0.3 is 0 Å². The smallest absolute Gasteiger partial charge is 0.109 e. The highest BCUT2D eigenvalue weighted by atomic mass is 35.5. The van der Waals surface area contributed by atoms with E-state index in [2.05, 4.69) is 0 Å². The summed E-state index contributed by atoms with van der Waals surface area (Å²) in [5.41, 5.74) is 1.28. The number of furan rings is 1. The van der Waals surface area contributed by atoms with Crippen molar-refractivity contribution >= 4 is 34.5 Å². The molecule has 2 aromatic heterocycles. The summed E-state index contributed by atoms with van der Waals surface area (Å²) in [4.78, 5) is 0. The first-order valence-corrected chi connectivity index (χ1v) is 5.40. The van der Waals surface area contributed by atoms with E-state index >= 15 is 0 Å². The second-order valence-corrected chi connectivity index (χ2v) is 5.02. The lowest BCUT2D eigenvalue weighted by Crippen LogP contribution is -1.96. The van der Waals surface area contributed by atoms with Gasteiger partial charge in [0.1, 0.15) is 10.4 Å². The first-order chi connectivity index (χ1) is 6.68. The highest BCUT2D eigenvalue weighted by Gasteiger charge is 2.17. The standard InChI is InChI=1S/C9H6Cl2O2S/c10-7-3-6(9(11)14-7)8(12)5-1-2-13-4-5/h1-4,8,12H. The Morgan fingerprint density at radius 2 is 2.21 bits per heavy atom. The van der Waals surface area contributed by atoms with Gasteiger partial charge in [0.05, 0.1) is 16.9 Å². The number of hydrogen-bond acceptors (Lipinski definition) is 3. The average molecular weight is 249 g/mol. The summed E-state index contributed by atoms with van der Waals surface area (Å²) in [6.45, 7) is 0. The van der Waals surface area contributed by atoms with Gasteiger partial charge in [0.25, 0.3) is 0 Å². The molecule has 0 aliphatic heterocycles. The Kier molecular flexibility index (Phi) is 2.83. The van der Waals surface area contributed by atoms with E-state index in [1.807, 2.05) is 0 Å². The molecule has 0 radical (unpaired) electrons. The number of thiophene rings is 1. The Labute approximate surface area is 94.7 Å². The predicted molar refractivity (Wildman–Crippen MR) is 57.1 cm³/mol. The molecule has 1 N–H and O–H groups in total. The predicted octanol–water partition coefficient (Wildman–Crippen LogP) is 3.73. The van der Waals surface area contributed by atoms with Crippen LogP contribution in [0.4, 0.5) is 0 Å². The molecule has 0 aromatic carbocycles. The van der Waals surface area contributed by atoms with Gasteiger partial charge in [-0.2, -0.15) is 0 Å². The highest BCUT2D eigenvalue weighted by Crippen LogP contribution is 2.37. The Morgan fingerprint density at radius 1 is 1.43 bits per heavy atom. The third kappa shape index (κ3) is 1.81. The Hall–Kier alpha value is -0.480. The molecule has 74 valence electrons. The van der Waals surface area contributed by atoms with Crippen LogP contribution in [0.1, 0.15) is 17.2 Å². The van der Waals surface area contributed by atoms with Crippen molar-refractivity contribution in [3.05, 3.63) is 44.5 Å². The van der Waals surface area contributed by atoms with Crippen LogP contribution in [-0.4, -0.2) is 5.11 Å². The topological polar surface area (TPSA) is 33.4 Å². The van der Waals surface area contributed by atoms with E-state index in [1.165, 1.54) is 23.9 Å². The Morgan fingerprint density at radius 3 is 2.71 bits per heavy atom. The van der Waals surface area contributed by atoms with Gasteiger partial charge in [0, 0.05) is 11.1 Å². The molecule has 2 heterocycles. The summed E-state index contributed by atoms with van der Waals surface area (Å²) in [6, 6.07) is 3.35. The van der Waals surface area contributed by atoms with Crippen molar-refractivity contribution in [1.82, 2.24) is 0 Å². The molecule has 2 nitrogen and oxygen atoms in total. The maximum absolute atomic E-state index is 9.88. The minimum Gasteiger partial charge on any atom is -0.472 e. The van der Waals surface area contributed by atoms with Gasteiger partial charge in [0.2, 0.25) is 0 Å². The highest BCUT2D eigenvalue weighted by molar-refractivity contribution is 7.20. The van der Waals surface area contributed by atoms with Crippen LogP contribution in [0.15, 0.2) is 29.1 Å². The van der Waals surface area contributed by atoms with Gasteiger partial charge in [-0.25, -0.2) is 0 Å². The molecule has 0 aliphatic rings. The molecule has 5 heteroatoms. The summed E-state index contributed by atoms with van der Waals surface area (Å²) in [7, 11) is 0. The number of aliphatic hydroxyl groups excluding tert-OH is 1. The maximum Gasteiger partial charge on any atom is 0.109 e. The second kappa shape index (κ2) is 3.95. The van der Waals surface area contributed by atoms with Gasteiger partial charge in [-0.1, -0.05) is 23.2 Å². The van der Waals surface area contributed by atoms with Crippen molar-refractivity contribution in [2.75, 3.05) is 0 Å². The molecule has 1 atom stereocenters. The summed E-state index contributed by atoms with van der Waals surface area (Å²) >= 11 is 12.9. The van der Waals surface area contributed by atoms with Gasteiger partial charge in [-0.15, -0.1) is 11.3 Å². The zero-order valence-corrected chi connectivity index (χ0v) is 9.23. The number of halogens is 2. The molecule has 0 amide bonds. The molecular formula is C9H6Cl2O2S. The van der Waals surface area contributed by atoms with Crippen LogP contribution < -0.4 is 0 Å². The van der Waals surface area contributed by atoms with Crippen LogP contribution in [0.3, 0.4) is 0 Å². The Bertz CT molecular complexity index is 422. The quantitative estimate of drug-likeness (QED) is 0.879. The van der Waals surface area contributed by atoms with Crippen molar-refractivity contribution in [3.63, 3.8) is 0 Å². The maximum atomic E-state index is 9.88. The molecule has 0 bridgehead atoms. The number of aliphatic hydroxyl groups is 1. The summed E-state index contributed by atoms with van der Waals surface area (Å²) in [6.07, 6.45) is 2.21. The zero-order chi connectivity index (χ0) is 10.1. The summed E-state index contributed by atoms with van der Waals surface area (Å²) < 4.78 is 5.94. The monoisotopic (exact) mass is 248 g/mol. The van der Waals surface area contributed by atoms with E-state index in [4.69, 9.17) is 27.6 Å². The fraction of sp³-hybridized carbons (Fsp3) is 0.111. The third-order valence-electron chi connectivity index (χ3n) is 1.84. The minimum atomic E-state index is -0.773. The fourth-order valence-corrected chi connectivity index (χ4v) is 2.67. The van der Waals surface area contributed by atoms with Gasteiger partial charge in [-0.05, 0) is 12.1 Å². The lowest BCUT2D eigenvalue weighted by molar-refractivity contribution is 0.220. The van der Waals surface area contributed by atoms with Crippen molar-refractivity contribution in [3.8, 4) is 0 Å². The second-order valence-electron chi connectivity index (χ2n) is 2.74. The normalized spacial score (nSPS) is 13.1. The van der Waals surface area contributed by atoms with Gasteiger partial charge < -0.3 is 9.52 Å². The first kappa shape index (κ1) is 10.1. The lowest BCUT2D eigenvalue weighted by atomic mass is 10.1. The van der Waals surface area contributed by atoms with E-state index in [0.717, 1.165) is 0 Å². The zero-order valence-electron chi connectivity index (χ0n) is 6.91. The molecule has 0 aliphatic carbocycles. The van der Waals surface area contributed by atoms with Crippen LogP contribution in [0.25, 0.3) is 0 Å². The van der Waals surface area contributed by atoms with E-state index in [9.17, 15) is 5.11 Å². The average Bonchev–Trinajstić information content (AvgIpc) is 2.73. The number of hydrogen-bond donors (Lipinski definition) is 1. The van der Waals surface area contributed by atoms with Crippen LogP contribution in [0.5, 0.6) is 0 Å². The van der Waals surface area contributed by atoms with Gasteiger partial charge in [0.15, 0.2) is 0 Å². The van der Waals surface area contributed by atoms with E-state index in [-0.39, 0.29) is 0 Å². The lowest BCUT2D eigenvalue weighted by Gasteiger charge is -2.05. The molecular weight excluding hydrogens is 243 g/mol.